The van der Waals surface area contributed by atoms with E-state index >= 15 is 0 Å². The van der Waals surface area contributed by atoms with Gasteiger partial charge in [0.1, 0.15) is 12.4 Å². The largest absolute Gasteiger partial charge is 0.492 e. The van der Waals surface area contributed by atoms with E-state index in [2.05, 4.69) is 11.8 Å². The standard InChI is InChI=1S/C14H20ClNO/c1-12-7-8-16(14(12)11-15)9-10-17-13-5-3-2-4-6-13/h2-6,12,14H,7-11H2,1H3. The number of para-hydroxylation sites is 1. The van der Waals surface area contributed by atoms with Gasteiger partial charge in [0.05, 0.1) is 0 Å². The van der Waals surface area contributed by atoms with Gasteiger partial charge < -0.3 is 4.74 Å². The Balaban J connectivity index is 1.75. The molecule has 0 radical (unpaired) electrons. The lowest BCUT2D eigenvalue weighted by Gasteiger charge is -2.24. The van der Waals surface area contributed by atoms with Crippen molar-refractivity contribution < 1.29 is 4.74 Å². The van der Waals surface area contributed by atoms with Crippen LogP contribution in [0.4, 0.5) is 0 Å². The smallest absolute Gasteiger partial charge is 0.119 e. The number of ether oxygens (including phenoxy) is 1. The molecule has 1 saturated heterocycles. The van der Waals surface area contributed by atoms with E-state index in [-0.39, 0.29) is 0 Å². The van der Waals surface area contributed by atoms with Crippen molar-refractivity contribution in [3.05, 3.63) is 30.3 Å². The quantitative estimate of drug-likeness (QED) is 0.748. The van der Waals surface area contributed by atoms with Crippen LogP contribution in [0.15, 0.2) is 30.3 Å². The predicted molar refractivity (Wildman–Crippen MR) is 71.8 cm³/mol. The second-order valence-electron chi connectivity index (χ2n) is 4.69. The van der Waals surface area contributed by atoms with E-state index in [4.69, 9.17) is 16.3 Å². The number of alkyl halides is 1. The summed E-state index contributed by atoms with van der Waals surface area (Å²) in [6.45, 7) is 5.14. The maximum atomic E-state index is 6.01. The van der Waals surface area contributed by atoms with Crippen LogP contribution in [0.25, 0.3) is 0 Å². The van der Waals surface area contributed by atoms with Gasteiger partial charge in [-0.25, -0.2) is 0 Å². The molecule has 1 aliphatic rings. The van der Waals surface area contributed by atoms with Crippen LogP contribution in [-0.4, -0.2) is 36.5 Å². The molecule has 1 fully saturated rings. The van der Waals surface area contributed by atoms with Crippen LogP contribution in [0.2, 0.25) is 0 Å². The SMILES string of the molecule is CC1CCN(CCOc2ccccc2)C1CCl. The van der Waals surface area contributed by atoms with Gasteiger partial charge >= 0.3 is 0 Å². The first-order chi connectivity index (χ1) is 8.31. The second kappa shape index (κ2) is 6.27. The van der Waals surface area contributed by atoms with Gasteiger partial charge in [0.15, 0.2) is 0 Å². The highest BCUT2D eigenvalue weighted by molar-refractivity contribution is 6.18. The van der Waals surface area contributed by atoms with Crippen LogP contribution in [0.1, 0.15) is 13.3 Å². The van der Waals surface area contributed by atoms with Crippen LogP contribution in [0.5, 0.6) is 5.75 Å². The lowest BCUT2D eigenvalue weighted by molar-refractivity contribution is 0.195. The molecular formula is C14H20ClNO. The average molecular weight is 254 g/mol. The molecule has 0 N–H and O–H groups in total. The zero-order valence-electron chi connectivity index (χ0n) is 10.3. The first-order valence-corrected chi connectivity index (χ1v) is 6.82. The zero-order valence-corrected chi connectivity index (χ0v) is 11.1. The van der Waals surface area contributed by atoms with E-state index in [0.717, 1.165) is 31.3 Å². The van der Waals surface area contributed by atoms with E-state index in [0.29, 0.717) is 12.0 Å². The average Bonchev–Trinajstić information content (AvgIpc) is 2.71. The van der Waals surface area contributed by atoms with Gasteiger partial charge in [0.25, 0.3) is 0 Å². The molecule has 0 aromatic heterocycles. The van der Waals surface area contributed by atoms with Crippen molar-refractivity contribution in [3.8, 4) is 5.75 Å². The number of hydrogen-bond acceptors (Lipinski definition) is 2. The fourth-order valence-corrected chi connectivity index (χ4v) is 2.91. The van der Waals surface area contributed by atoms with Crippen LogP contribution in [-0.2, 0) is 0 Å². The molecule has 2 unspecified atom stereocenters. The molecule has 1 aromatic carbocycles. The molecule has 2 nitrogen and oxygen atoms in total. The molecule has 0 amide bonds. The third-order valence-electron chi connectivity index (χ3n) is 3.55. The fraction of sp³-hybridized carbons (Fsp3) is 0.571. The summed E-state index contributed by atoms with van der Waals surface area (Å²) in [5.41, 5.74) is 0. The van der Waals surface area contributed by atoms with E-state index in [1.165, 1.54) is 6.42 Å². The first-order valence-electron chi connectivity index (χ1n) is 6.29. The highest BCUT2D eigenvalue weighted by Gasteiger charge is 2.29. The Bertz CT molecular complexity index is 330. The summed E-state index contributed by atoms with van der Waals surface area (Å²) in [6.07, 6.45) is 1.25. The molecule has 1 aromatic rings. The Morgan fingerprint density at radius 3 is 2.82 bits per heavy atom. The number of rotatable bonds is 5. The summed E-state index contributed by atoms with van der Waals surface area (Å²) in [5, 5.41) is 0. The number of hydrogen-bond donors (Lipinski definition) is 0. The molecule has 2 atom stereocenters. The van der Waals surface area contributed by atoms with Crippen LogP contribution in [0.3, 0.4) is 0 Å². The zero-order chi connectivity index (χ0) is 12.1. The third-order valence-corrected chi connectivity index (χ3v) is 3.86. The van der Waals surface area contributed by atoms with Gasteiger partial charge in [-0.15, -0.1) is 11.6 Å². The Morgan fingerprint density at radius 1 is 1.35 bits per heavy atom. The molecule has 17 heavy (non-hydrogen) atoms. The molecule has 0 saturated carbocycles. The van der Waals surface area contributed by atoms with E-state index in [9.17, 15) is 0 Å². The Morgan fingerprint density at radius 2 is 2.12 bits per heavy atom. The first kappa shape index (κ1) is 12.7. The number of halogens is 1. The van der Waals surface area contributed by atoms with Crippen LogP contribution < -0.4 is 4.74 Å². The van der Waals surface area contributed by atoms with Crippen molar-refractivity contribution in [2.24, 2.45) is 5.92 Å². The topological polar surface area (TPSA) is 12.5 Å². The Kier molecular flexibility index (Phi) is 4.69. The highest BCUT2D eigenvalue weighted by atomic mass is 35.5. The molecule has 0 spiro atoms. The third kappa shape index (κ3) is 3.36. The summed E-state index contributed by atoms with van der Waals surface area (Å²) in [4.78, 5) is 2.45. The van der Waals surface area contributed by atoms with Gasteiger partial charge in [0, 0.05) is 18.5 Å². The molecule has 94 valence electrons. The minimum absolute atomic E-state index is 0.524. The number of benzene rings is 1. The van der Waals surface area contributed by atoms with Gasteiger partial charge in [-0.1, -0.05) is 25.1 Å². The number of nitrogens with zero attached hydrogens (tertiary/aromatic N) is 1. The molecule has 3 heteroatoms. The van der Waals surface area contributed by atoms with E-state index in [1.807, 2.05) is 30.3 Å². The monoisotopic (exact) mass is 253 g/mol. The molecule has 1 aliphatic heterocycles. The van der Waals surface area contributed by atoms with Crippen LogP contribution in [0, 0.1) is 5.92 Å². The molecule has 0 bridgehead atoms. The van der Waals surface area contributed by atoms with Crippen LogP contribution >= 0.6 is 11.6 Å². The molecular weight excluding hydrogens is 234 g/mol. The van der Waals surface area contributed by atoms with Crippen molar-refractivity contribution in [1.29, 1.82) is 0 Å². The van der Waals surface area contributed by atoms with Crippen molar-refractivity contribution in [3.63, 3.8) is 0 Å². The molecule has 2 rings (SSSR count). The number of likely N-dealkylation sites (tertiary alicyclic amines) is 1. The van der Waals surface area contributed by atoms with Gasteiger partial charge in [-0.3, -0.25) is 4.90 Å². The lowest BCUT2D eigenvalue weighted by Crippen LogP contribution is -2.36. The second-order valence-corrected chi connectivity index (χ2v) is 4.99. The summed E-state index contributed by atoms with van der Waals surface area (Å²) < 4.78 is 5.71. The van der Waals surface area contributed by atoms with Gasteiger partial charge in [-0.05, 0) is 31.0 Å². The van der Waals surface area contributed by atoms with E-state index in [1.54, 1.807) is 0 Å². The Labute approximate surface area is 109 Å². The van der Waals surface area contributed by atoms with Crippen molar-refractivity contribution in [1.82, 2.24) is 4.90 Å². The minimum atomic E-state index is 0.524. The summed E-state index contributed by atoms with van der Waals surface area (Å²) in [5.74, 6) is 2.39. The normalized spacial score (nSPS) is 25.1. The maximum Gasteiger partial charge on any atom is 0.119 e. The van der Waals surface area contributed by atoms with Gasteiger partial charge in [-0.2, -0.15) is 0 Å². The Hall–Kier alpha value is -0.730. The van der Waals surface area contributed by atoms with Crippen molar-refractivity contribution >= 4 is 11.6 Å². The minimum Gasteiger partial charge on any atom is -0.492 e. The lowest BCUT2D eigenvalue weighted by atomic mass is 10.1. The molecule has 1 heterocycles. The van der Waals surface area contributed by atoms with E-state index < -0.39 is 0 Å². The van der Waals surface area contributed by atoms with Crippen molar-refractivity contribution in [2.45, 2.75) is 19.4 Å². The summed E-state index contributed by atoms with van der Waals surface area (Å²) in [6, 6.07) is 10.5. The van der Waals surface area contributed by atoms with Crippen molar-refractivity contribution in [2.75, 3.05) is 25.6 Å². The highest BCUT2D eigenvalue weighted by Crippen LogP contribution is 2.24. The predicted octanol–water partition coefficient (Wildman–Crippen LogP) is 3.01. The summed E-state index contributed by atoms with van der Waals surface area (Å²) in [7, 11) is 0. The molecule has 0 aliphatic carbocycles. The van der Waals surface area contributed by atoms with Gasteiger partial charge in [0.2, 0.25) is 0 Å². The summed E-state index contributed by atoms with van der Waals surface area (Å²) >= 11 is 6.01. The maximum absolute atomic E-state index is 6.01. The fourth-order valence-electron chi connectivity index (χ4n) is 2.41.